The molecule has 0 bridgehead atoms. The number of carbonyl (C=O) groups excluding carboxylic acids is 1. The van der Waals surface area contributed by atoms with Gasteiger partial charge in [0.1, 0.15) is 18.1 Å². The first kappa shape index (κ1) is 16.3. The number of nitrogens with one attached hydrogen (secondary N) is 1. The van der Waals surface area contributed by atoms with Gasteiger partial charge in [0.05, 0.1) is 11.7 Å². The maximum absolute atomic E-state index is 12.3. The minimum Gasteiger partial charge on any atom is -0.507 e. The molecular weight excluding hydrogens is 306 g/mol. The predicted octanol–water partition coefficient (Wildman–Crippen LogP) is 3.51. The molecule has 2 aromatic carbocycles. The summed E-state index contributed by atoms with van der Waals surface area (Å²) in [6.07, 6.45) is 2.24. The number of aryl methyl sites for hydroxylation is 1. The van der Waals surface area contributed by atoms with Gasteiger partial charge in [0.25, 0.3) is 5.91 Å². The summed E-state index contributed by atoms with van der Waals surface area (Å²) in [7, 11) is 0. The number of ether oxygens (including phenoxy) is 2. The van der Waals surface area contributed by atoms with Crippen molar-refractivity contribution in [3.63, 3.8) is 0 Å². The van der Waals surface area contributed by atoms with Gasteiger partial charge in [-0.2, -0.15) is 0 Å². The zero-order chi connectivity index (χ0) is 16.9. The van der Waals surface area contributed by atoms with E-state index < -0.39 is 0 Å². The number of phenolic OH excluding ortho intramolecular Hbond substituents is 1. The molecule has 5 nitrogen and oxygen atoms in total. The molecular formula is C19H21NO4. The number of carbonyl (C=O) groups is 1. The van der Waals surface area contributed by atoms with E-state index in [1.807, 2.05) is 19.1 Å². The highest BCUT2D eigenvalue weighted by molar-refractivity contribution is 6.06. The number of anilines is 1. The average Bonchev–Trinajstić information content (AvgIpc) is 3.09. The summed E-state index contributed by atoms with van der Waals surface area (Å²) in [4.78, 5) is 12.3. The molecule has 0 spiro atoms. The van der Waals surface area contributed by atoms with E-state index in [1.54, 1.807) is 24.3 Å². The van der Waals surface area contributed by atoms with Gasteiger partial charge >= 0.3 is 0 Å². The molecule has 5 heteroatoms. The van der Waals surface area contributed by atoms with E-state index in [-0.39, 0.29) is 23.3 Å². The number of aromatic hydroxyl groups is 1. The van der Waals surface area contributed by atoms with Crippen molar-refractivity contribution in [2.24, 2.45) is 0 Å². The Hall–Kier alpha value is -2.53. The monoisotopic (exact) mass is 327 g/mol. The fourth-order valence-electron chi connectivity index (χ4n) is 2.66. The minimum absolute atomic E-state index is 0.0381. The van der Waals surface area contributed by atoms with Crippen molar-refractivity contribution in [2.45, 2.75) is 25.9 Å². The molecule has 0 saturated carbocycles. The number of benzene rings is 2. The Bertz CT molecular complexity index is 723. The van der Waals surface area contributed by atoms with Crippen molar-refractivity contribution in [1.82, 2.24) is 0 Å². The first-order valence-electron chi connectivity index (χ1n) is 8.07. The molecule has 0 aromatic heterocycles. The van der Waals surface area contributed by atoms with Crippen molar-refractivity contribution in [1.29, 1.82) is 0 Å². The smallest absolute Gasteiger partial charge is 0.259 e. The molecule has 1 aliphatic rings. The van der Waals surface area contributed by atoms with Crippen LogP contribution >= 0.6 is 0 Å². The molecule has 1 unspecified atom stereocenters. The maximum Gasteiger partial charge on any atom is 0.259 e. The Kier molecular flexibility index (Phi) is 5.01. The van der Waals surface area contributed by atoms with E-state index in [0.29, 0.717) is 18.0 Å². The average molecular weight is 327 g/mol. The lowest BCUT2D eigenvalue weighted by Gasteiger charge is -2.13. The first-order valence-corrected chi connectivity index (χ1v) is 8.07. The van der Waals surface area contributed by atoms with Crippen LogP contribution in [0.3, 0.4) is 0 Å². The molecule has 2 aromatic rings. The highest BCUT2D eigenvalue weighted by Crippen LogP contribution is 2.23. The van der Waals surface area contributed by atoms with Crippen molar-refractivity contribution < 1.29 is 19.4 Å². The Morgan fingerprint density at radius 2 is 2.21 bits per heavy atom. The second-order valence-corrected chi connectivity index (χ2v) is 5.95. The SMILES string of the molecule is Cc1ccc(O)c(C(=O)Nc2cccc(OCC3CCCO3)c2)c1. The second-order valence-electron chi connectivity index (χ2n) is 5.95. The summed E-state index contributed by atoms with van der Waals surface area (Å²) < 4.78 is 11.3. The van der Waals surface area contributed by atoms with Crippen molar-refractivity contribution in [3.05, 3.63) is 53.6 Å². The van der Waals surface area contributed by atoms with Gasteiger partial charge in [0, 0.05) is 18.4 Å². The zero-order valence-electron chi connectivity index (χ0n) is 13.6. The molecule has 3 rings (SSSR count). The lowest BCUT2D eigenvalue weighted by Crippen LogP contribution is -2.16. The third kappa shape index (κ3) is 4.06. The van der Waals surface area contributed by atoms with Crippen molar-refractivity contribution in [2.75, 3.05) is 18.5 Å². The molecule has 1 aliphatic heterocycles. The highest BCUT2D eigenvalue weighted by Gasteiger charge is 2.16. The summed E-state index contributed by atoms with van der Waals surface area (Å²) in [6.45, 7) is 3.18. The standard InChI is InChI=1S/C19H21NO4/c1-13-7-8-18(21)17(10-13)19(22)20-14-4-2-5-15(11-14)24-12-16-6-3-9-23-16/h2,4-5,7-8,10-11,16,21H,3,6,9,12H2,1H3,(H,20,22). The van der Waals surface area contributed by atoms with Crippen LogP contribution in [0.5, 0.6) is 11.5 Å². The number of rotatable bonds is 5. The fraction of sp³-hybridized carbons (Fsp3) is 0.316. The van der Waals surface area contributed by atoms with Crippen molar-refractivity contribution >= 4 is 11.6 Å². The Morgan fingerprint density at radius 3 is 3.00 bits per heavy atom. The normalized spacial score (nSPS) is 16.8. The predicted molar refractivity (Wildman–Crippen MR) is 91.7 cm³/mol. The zero-order valence-corrected chi connectivity index (χ0v) is 13.6. The van der Waals surface area contributed by atoms with Gasteiger partial charge in [-0.15, -0.1) is 0 Å². The quantitative estimate of drug-likeness (QED) is 0.882. The molecule has 1 heterocycles. The van der Waals surface area contributed by atoms with E-state index in [0.717, 1.165) is 25.0 Å². The molecule has 1 atom stereocenters. The van der Waals surface area contributed by atoms with Crippen LogP contribution in [0.1, 0.15) is 28.8 Å². The lowest BCUT2D eigenvalue weighted by molar-refractivity contribution is 0.0680. The van der Waals surface area contributed by atoms with Gasteiger partial charge in [0.2, 0.25) is 0 Å². The van der Waals surface area contributed by atoms with Crippen LogP contribution in [0, 0.1) is 6.92 Å². The summed E-state index contributed by atoms with van der Waals surface area (Å²) >= 11 is 0. The number of phenols is 1. The molecule has 24 heavy (non-hydrogen) atoms. The van der Waals surface area contributed by atoms with Crippen LogP contribution in [0.15, 0.2) is 42.5 Å². The van der Waals surface area contributed by atoms with Gasteiger partial charge in [-0.1, -0.05) is 17.7 Å². The van der Waals surface area contributed by atoms with Crippen LogP contribution in [0.2, 0.25) is 0 Å². The number of hydrogen-bond acceptors (Lipinski definition) is 4. The molecule has 0 radical (unpaired) electrons. The van der Waals surface area contributed by atoms with E-state index in [2.05, 4.69) is 5.32 Å². The van der Waals surface area contributed by atoms with Crippen LogP contribution in [-0.4, -0.2) is 30.3 Å². The number of amides is 1. The van der Waals surface area contributed by atoms with E-state index >= 15 is 0 Å². The van der Waals surface area contributed by atoms with Crippen LogP contribution < -0.4 is 10.1 Å². The number of hydrogen-bond donors (Lipinski definition) is 2. The summed E-state index contributed by atoms with van der Waals surface area (Å²) in [5, 5.41) is 12.6. The van der Waals surface area contributed by atoms with Crippen molar-refractivity contribution in [3.8, 4) is 11.5 Å². The Balaban J connectivity index is 1.65. The highest BCUT2D eigenvalue weighted by atomic mass is 16.5. The topological polar surface area (TPSA) is 67.8 Å². The summed E-state index contributed by atoms with van der Waals surface area (Å²) in [6, 6.07) is 12.1. The molecule has 1 saturated heterocycles. The fourth-order valence-corrected chi connectivity index (χ4v) is 2.66. The largest absolute Gasteiger partial charge is 0.507 e. The van der Waals surface area contributed by atoms with Gasteiger partial charge in [0.15, 0.2) is 0 Å². The van der Waals surface area contributed by atoms with E-state index in [1.165, 1.54) is 6.07 Å². The summed E-state index contributed by atoms with van der Waals surface area (Å²) in [5.74, 6) is 0.285. The third-order valence-corrected chi connectivity index (χ3v) is 3.95. The van der Waals surface area contributed by atoms with Gasteiger partial charge in [-0.3, -0.25) is 4.79 Å². The third-order valence-electron chi connectivity index (χ3n) is 3.95. The Labute approximate surface area is 141 Å². The minimum atomic E-state index is -0.354. The Morgan fingerprint density at radius 1 is 1.33 bits per heavy atom. The van der Waals surface area contributed by atoms with Gasteiger partial charge in [-0.25, -0.2) is 0 Å². The first-order chi connectivity index (χ1) is 11.6. The maximum atomic E-state index is 12.3. The molecule has 2 N–H and O–H groups in total. The molecule has 1 fully saturated rings. The molecule has 126 valence electrons. The van der Waals surface area contributed by atoms with E-state index in [9.17, 15) is 9.90 Å². The van der Waals surface area contributed by atoms with Crippen LogP contribution in [0.25, 0.3) is 0 Å². The van der Waals surface area contributed by atoms with Gasteiger partial charge in [-0.05, 0) is 44.0 Å². The van der Waals surface area contributed by atoms with Crippen LogP contribution in [0.4, 0.5) is 5.69 Å². The summed E-state index contributed by atoms with van der Waals surface area (Å²) in [5.41, 5.74) is 1.78. The van der Waals surface area contributed by atoms with Crippen LogP contribution in [-0.2, 0) is 4.74 Å². The lowest BCUT2D eigenvalue weighted by atomic mass is 10.1. The van der Waals surface area contributed by atoms with Gasteiger partial charge < -0.3 is 19.9 Å². The molecule has 1 amide bonds. The van der Waals surface area contributed by atoms with E-state index in [4.69, 9.17) is 9.47 Å². The molecule has 0 aliphatic carbocycles. The second kappa shape index (κ2) is 7.36.